The van der Waals surface area contributed by atoms with E-state index in [0.717, 1.165) is 24.1 Å². The SMILES string of the molecule is C[C@@H]1CC2(C[C@H](C)N1)OCCc1cc(CC(F)F)sc12. The molecule has 3 atom stereocenters. The Morgan fingerprint density at radius 2 is 2.10 bits per heavy atom. The number of piperidine rings is 1. The number of hydrogen-bond donors (Lipinski definition) is 1. The van der Waals surface area contributed by atoms with Crippen LogP contribution in [-0.2, 0) is 23.2 Å². The topological polar surface area (TPSA) is 21.3 Å². The summed E-state index contributed by atoms with van der Waals surface area (Å²) in [6.07, 6.45) is 0.319. The second-order valence-corrected chi connectivity index (χ2v) is 7.27. The van der Waals surface area contributed by atoms with E-state index >= 15 is 0 Å². The molecular weight excluding hydrogens is 280 g/mol. The van der Waals surface area contributed by atoms with E-state index < -0.39 is 6.43 Å². The van der Waals surface area contributed by atoms with Gasteiger partial charge in [-0.15, -0.1) is 11.3 Å². The molecule has 1 aromatic rings. The van der Waals surface area contributed by atoms with E-state index in [1.54, 1.807) is 11.3 Å². The largest absolute Gasteiger partial charge is 0.369 e. The highest BCUT2D eigenvalue weighted by Crippen LogP contribution is 2.46. The Balaban J connectivity index is 1.94. The van der Waals surface area contributed by atoms with Crippen molar-refractivity contribution in [2.45, 2.75) is 63.6 Å². The number of alkyl halides is 2. The van der Waals surface area contributed by atoms with Crippen LogP contribution in [0.2, 0.25) is 0 Å². The normalized spacial score (nSPS) is 33.6. The number of thiophene rings is 1. The van der Waals surface area contributed by atoms with Gasteiger partial charge in [-0.3, -0.25) is 0 Å². The summed E-state index contributed by atoms with van der Waals surface area (Å²) in [5.74, 6) is 0. The average molecular weight is 301 g/mol. The zero-order valence-electron chi connectivity index (χ0n) is 11.9. The first kappa shape index (κ1) is 14.4. The van der Waals surface area contributed by atoms with Crippen molar-refractivity contribution in [1.29, 1.82) is 0 Å². The van der Waals surface area contributed by atoms with Crippen LogP contribution in [-0.4, -0.2) is 25.1 Å². The zero-order chi connectivity index (χ0) is 14.3. The van der Waals surface area contributed by atoms with Crippen LogP contribution in [0.1, 0.15) is 42.0 Å². The van der Waals surface area contributed by atoms with Gasteiger partial charge in [-0.05, 0) is 44.7 Å². The monoisotopic (exact) mass is 301 g/mol. The predicted octanol–water partition coefficient (Wildman–Crippen LogP) is 3.48. The minimum absolute atomic E-state index is 0.128. The first-order chi connectivity index (χ1) is 9.48. The third kappa shape index (κ3) is 2.63. The molecule has 112 valence electrons. The molecule has 1 aromatic heterocycles. The van der Waals surface area contributed by atoms with Crippen LogP contribution in [0.3, 0.4) is 0 Å². The summed E-state index contributed by atoms with van der Waals surface area (Å²) >= 11 is 1.54. The molecule has 1 saturated heterocycles. The molecule has 0 amide bonds. The molecule has 0 radical (unpaired) electrons. The number of ether oxygens (including phenoxy) is 1. The van der Waals surface area contributed by atoms with Crippen molar-refractivity contribution in [2.24, 2.45) is 0 Å². The van der Waals surface area contributed by atoms with Gasteiger partial charge >= 0.3 is 0 Å². The van der Waals surface area contributed by atoms with Crippen molar-refractivity contribution >= 4 is 11.3 Å². The Labute approximate surface area is 122 Å². The van der Waals surface area contributed by atoms with Crippen molar-refractivity contribution in [3.05, 3.63) is 21.4 Å². The molecule has 3 rings (SSSR count). The minimum atomic E-state index is -2.27. The zero-order valence-corrected chi connectivity index (χ0v) is 12.7. The molecule has 3 heterocycles. The quantitative estimate of drug-likeness (QED) is 0.903. The van der Waals surface area contributed by atoms with Gasteiger partial charge in [-0.25, -0.2) is 8.78 Å². The Kier molecular flexibility index (Phi) is 3.86. The molecule has 1 N–H and O–H groups in total. The van der Waals surface area contributed by atoms with Gasteiger partial charge in [0.1, 0.15) is 5.60 Å². The molecule has 1 spiro atoms. The molecular formula is C15H21F2NOS. The minimum Gasteiger partial charge on any atom is -0.369 e. The summed E-state index contributed by atoms with van der Waals surface area (Å²) in [7, 11) is 0. The predicted molar refractivity (Wildman–Crippen MR) is 76.7 cm³/mol. The van der Waals surface area contributed by atoms with Crippen molar-refractivity contribution in [1.82, 2.24) is 5.32 Å². The molecule has 5 heteroatoms. The molecule has 0 aromatic carbocycles. The van der Waals surface area contributed by atoms with Gasteiger partial charge in [0.25, 0.3) is 0 Å². The molecule has 1 fully saturated rings. The maximum atomic E-state index is 12.6. The molecule has 1 unspecified atom stereocenters. The van der Waals surface area contributed by atoms with Gasteiger partial charge in [0.05, 0.1) is 6.61 Å². The highest BCUT2D eigenvalue weighted by molar-refractivity contribution is 7.12. The summed E-state index contributed by atoms with van der Waals surface area (Å²) in [6.45, 7) is 5.04. The third-order valence-corrected chi connectivity index (χ3v) is 5.60. The maximum absolute atomic E-state index is 12.6. The maximum Gasteiger partial charge on any atom is 0.243 e. The van der Waals surface area contributed by atoms with Crippen molar-refractivity contribution in [3.63, 3.8) is 0 Å². The Morgan fingerprint density at radius 1 is 1.40 bits per heavy atom. The summed E-state index contributed by atoms with van der Waals surface area (Å²) in [5, 5.41) is 3.53. The fraction of sp³-hybridized carbons (Fsp3) is 0.733. The van der Waals surface area contributed by atoms with E-state index in [0.29, 0.717) is 18.7 Å². The average Bonchev–Trinajstić information content (AvgIpc) is 2.70. The Morgan fingerprint density at radius 3 is 2.75 bits per heavy atom. The number of hydrogen-bond acceptors (Lipinski definition) is 3. The first-order valence-corrected chi connectivity index (χ1v) is 8.10. The Hall–Kier alpha value is -0.520. The van der Waals surface area contributed by atoms with E-state index in [4.69, 9.17) is 4.74 Å². The lowest BCUT2D eigenvalue weighted by Gasteiger charge is -2.45. The lowest BCUT2D eigenvalue weighted by Crippen LogP contribution is -2.52. The summed E-state index contributed by atoms with van der Waals surface area (Å²) in [4.78, 5) is 2.01. The fourth-order valence-electron chi connectivity index (χ4n) is 3.71. The van der Waals surface area contributed by atoms with Crippen LogP contribution >= 0.6 is 11.3 Å². The van der Waals surface area contributed by atoms with Crippen LogP contribution < -0.4 is 5.32 Å². The molecule has 2 nitrogen and oxygen atoms in total. The summed E-state index contributed by atoms with van der Waals surface area (Å²) < 4.78 is 31.4. The van der Waals surface area contributed by atoms with Crippen LogP contribution in [0, 0.1) is 0 Å². The van der Waals surface area contributed by atoms with Gasteiger partial charge in [-0.2, -0.15) is 0 Å². The van der Waals surface area contributed by atoms with E-state index in [1.165, 1.54) is 10.4 Å². The van der Waals surface area contributed by atoms with E-state index in [2.05, 4.69) is 19.2 Å². The number of fused-ring (bicyclic) bond motifs is 2. The van der Waals surface area contributed by atoms with Crippen LogP contribution in [0.15, 0.2) is 6.07 Å². The van der Waals surface area contributed by atoms with Crippen molar-refractivity contribution in [2.75, 3.05) is 6.61 Å². The first-order valence-electron chi connectivity index (χ1n) is 7.29. The van der Waals surface area contributed by atoms with E-state index in [1.807, 2.05) is 6.07 Å². The van der Waals surface area contributed by atoms with Gasteiger partial charge in [-0.1, -0.05) is 0 Å². The van der Waals surface area contributed by atoms with Gasteiger partial charge in [0.2, 0.25) is 6.43 Å². The molecule has 0 bridgehead atoms. The third-order valence-electron chi connectivity index (χ3n) is 4.22. The molecule has 2 aliphatic rings. The lowest BCUT2D eigenvalue weighted by molar-refractivity contribution is -0.0932. The second-order valence-electron chi connectivity index (χ2n) is 6.13. The van der Waals surface area contributed by atoms with E-state index in [9.17, 15) is 8.78 Å². The van der Waals surface area contributed by atoms with Gasteiger partial charge < -0.3 is 10.1 Å². The van der Waals surface area contributed by atoms with Crippen LogP contribution in [0.5, 0.6) is 0 Å². The molecule has 2 aliphatic heterocycles. The van der Waals surface area contributed by atoms with Gasteiger partial charge in [0, 0.05) is 28.3 Å². The summed E-state index contributed by atoms with van der Waals surface area (Å²) in [5.41, 5.74) is 0.987. The van der Waals surface area contributed by atoms with Crippen LogP contribution in [0.4, 0.5) is 8.78 Å². The second kappa shape index (κ2) is 5.35. The Bertz CT molecular complexity index is 478. The number of halogens is 2. The van der Waals surface area contributed by atoms with Crippen molar-refractivity contribution < 1.29 is 13.5 Å². The molecule has 20 heavy (non-hydrogen) atoms. The smallest absolute Gasteiger partial charge is 0.243 e. The van der Waals surface area contributed by atoms with E-state index in [-0.39, 0.29) is 12.0 Å². The highest BCUT2D eigenvalue weighted by Gasteiger charge is 2.44. The standard InChI is InChI=1S/C15H21F2NOS/c1-9-7-15(8-10(2)18-9)14-11(3-4-19-15)5-12(20-14)6-13(16)17/h5,9-10,13,18H,3-4,6-8H2,1-2H3/t9-,10+,15?. The number of rotatable bonds is 2. The van der Waals surface area contributed by atoms with Crippen molar-refractivity contribution in [3.8, 4) is 0 Å². The number of nitrogens with one attached hydrogen (secondary N) is 1. The fourth-order valence-corrected chi connectivity index (χ4v) is 5.09. The highest BCUT2D eigenvalue weighted by atomic mass is 32.1. The summed E-state index contributed by atoms with van der Waals surface area (Å²) in [6, 6.07) is 2.77. The van der Waals surface area contributed by atoms with Gasteiger partial charge in [0.15, 0.2) is 0 Å². The molecule has 0 saturated carbocycles. The lowest BCUT2D eigenvalue weighted by atomic mass is 9.80. The van der Waals surface area contributed by atoms with Crippen LogP contribution in [0.25, 0.3) is 0 Å². The molecule has 0 aliphatic carbocycles.